The minimum absolute atomic E-state index is 0.298. The molecule has 2 heterocycles. The summed E-state index contributed by atoms with van der Waals surface area (Å²) in [5.41, 5.74) is 2.61. The van der Waals surface area contributed by atoms with Crippen molar-refractivity contribution in [1.29, 1.82) is 0 Å². The van der Waals surface area contributed by atoms with Crippen molar-refractivity contribution in [3.8, 4) is 11.5 Å². The molecule has 1 saturated heterocycles. The van der Waals surface area contributed by atoms with Gasteiger partial charge in [-0.3, -0.25) is 0 Å². The normalized spacial score (nSPS) is 25.9. The Balaban J connectivity index is 1.97. The van der Waals surface area contributed by atoms with Crippen LogP contribution >= 0.6 is 0 Å². The van der Waals surface area contributed by atoms with Gasteiger partial charge in [-0.15, -0.1) is 0 Å². The van der Waals surface area contributed by atoms with Gasteiger partial charge < -0.3 is 14.8 Å². The molecular formula is C15H21NO2. The van der Waals surface area contributed by atoms with Crippen LogP contribution in [0.4, 0.5) is 0 Å². The van der Waals surface area contributed by atoms with Crippen LogP contribution in [0.2, 0.25) is 0 Å². The van der Waals surface area contributed by atoms with Crippen molar-refractivity contribution in [1.82, 2.24) is 5.32 Å². The van der Waals surface area contributed by atoms with Gasteiger partial charge in [0.15, 0.2) is 0 Å². The van der Waals surface area contributed by atoms with Gasteiger partial charge in [0.2, 0.25) is 0 Å². The van der Waals surface area contributed by atoms with E-state index < -0.39 is 0 Å². The maximum absolute atomic E-state index is 5.86. The predicted octanol–water partition coefficient (Wildman–Crippen LogP) is 2.49. The maximum atomic E-state index is 5.86. The minimum atomic E-state index is 0.298. The summed E-state index contributed by atoms with van der Waals surface area (Å²) in [6.45, 7) is 7.04. The number of rotatable bonds is 3. The Bertz CT molecular complexity index is 438. The lowest BCUT2D eigenvalue weighted by atomic mass is 9.95. The van der Waals surface area contributed by atoms with Crippen LogP contribution in [0.5, 0.6) is 11.5 Å². The zero-order chi connectivity index (χ0) is 12.5. The molecule has 0 radical (unpaired) electrons. The fourth-order valence-corrected chi connectivity index (χ4v) is 2.97. The summed E-state index contributed by atoms with van der Waals surface area (Å²) < 4.78 is 11.7. The summed E-state index contributed by atoms with van der Waals surface area (Å²) in [6.07, 6.45) is 2.49. The average Bonchev–Trinajstić information content (AvgIpc) is 2.95. The Morgan fingerprint density at radius 2 is 2.33 bits per heavy atom. The van der Waals surface area contributed by atoms with Crippen molar-refractivity contribution >= 4 is 0 Å². The summed E-state index contributed by atoms with van der Waals surface area (Å²) in [6, 6.07) is 4.40. The molecule has 0 spiro atoms. The third-order valence-corrected chi connectivity index (χ3v) is 3.83. The molecule has 3 nitrogen and oxygen atoms in total. The van der Waals surface area contributed by atoms with Gasteiger partial charge in [-0.25, -0.2) is 0 Å². The highest BCUT2D eigenvalue weighted by molar-refractivity contribution is 5.50. The Morgan fingerprint density at radius 3 is 3.06 bits per heavy atom. The standard InChI is InChI=1S/C15H21NO2/c1-3-17-15-7-12-6-10(2)18-14(12)8-13(15)11-4-5-16-9-11/h7-8,10-11,16H,3-6,9H2,1-2H3. The van der Waals surface area contributed by atoms with Crippen molar-refractivity contribution in [2.45, 2.75) is 38.7 Å². The number of hydrogen-bond donors (Lipinski definition) is 1. The fourth-order valence-electron chi connectivity index (χ4n) is 2.97. The highest BCUT2D eigenvalue weighted by Crippen LogP contribution is 2.39. The molecule has 98 valence electrons. The second-order valence-electron chi connectivity index (χ2n) is 5.25. The monoisotopic (exact) mass is 247 g/mol. The van der Waals surface area contributed by atoms with Gasteiger partial charge in [0.05, 0.1) is 6.61 Å². The topological polar surface area (TPSA) is 30.5 Å². The quantitative estimate of drug-likeness (QED) is 0.890. The molecule has 0 aliphatic carbocycles. The molecule has 0 amide bonds. The van der Waals surface area contributed by atoms with Gasteiger partial charge in [-0.2, -0.15) is 0 Å². The highest BCUT2D eigenvalue weighted by atomic mass is 16.5. The molecule has 0 bridgehead atoms. The van der Waals surface area contributed by atoms with Crippen molar-refractivity contribution in [2.75, 3.05) is 19.7 Å². The van der Waals surface area contributed by atoms with Gasteiger partial charge in [-0.05, 0) is 38.9 Å². The molecule has 2 aliphatic heterocycles. The third kappa shape index (κ3) is 2.07. The second kappa shape index (κ2) is 4.81. The van der Waals surface area contributed by atoms with Crippen LogP contribution in [0.15, 0.2) is 12.1 Å². The first kappa shape index (κ1) is 11.8. The summed E-state index contributed by atoms with van der Waals surface area (Å²) in [5, 5.41) is 3.42. The summed E-state index contributed by atoms with van der Waals surface area (Å²) in [7, 11) is 0. The summed E-state index contributed by atoms with van der Waals surface area (Å²) in [4.78, 5) is 0. The lowest BCUT2D eigenvalue weighted by Gasteiger charge is -2.16. The summed E-state index contributed by atoms with van der Waals surface area (Å²) >= 11 is 0. The van der Waals surface area contributed by atoms with E-state index >= 15 is 0 Å². The average molecular weight is 247 g/mol. The van der Waals surface area contributed by atoms with Gasteiger partial charge in [-0.1, -0.05) is 0 Å². The van der Waals surface area contributed by atoms with E-state index in [9.17, 15) is 0 Å². The van der Waals surface area contributed by atoms with Crippen LogP contribution in [0.25, 0.3) is 0 Å². The van der Waals surface area contributed by atoms with Crippen LogP contribution in [-0.2, 0) is 6.42 Å². The second-order valence-corrected chi connectivity index (χ2v) is 5.25. The molecule has 0 aromatic heterocycles. The molecule has 3 rings (SSSR count). The molecule has 2 unspecified atom stereocenters. The van der Waals surface area contributed by atoms with Crippen molar-refractivity contribution in [3.05, 3.63) is 23.3 Å². The maximum Gasteiger partial charge on any atom is 0.123 e. The molecule has 1 aromatic rings. The Morgan fingerprint density at radius 1 is 1.44 bits per heavy atom. The molecule has 0 saturated carbocycles. The SMILES string of the molecule is CCOc1cc2c(cc1C1CCNC1)OC(C)C2. The number of benzene rings is 1. The van der Waals surface area contributed by atoms with Crippen molar-refractivity contribution < 1.29 is 9.47 Å². The molecule has 1 aromatic carbocycles. The van der Waals surface area contributed by atoms with E-state index in [0.717, 1.165) is 37.6 Å². The Labute approximate surface area is 108 Å². The van der Waals surface area contributed by atoms with E-state index in [2.05, 4.69) is 24.4 Å². The lowest BCUT2D eigenvalue weighted by Crippen LogP contribution is -2.09. The summed E-state index contributed by atoms with van der Waals surface area (Å²) in [5.74, 6) is 2.69. The molecule has 3 heteroatoms. The van der Waals surface area contributed by atoms with E-state index in [1.54, 1.807) is 0 Å². The number of nitrogens with one attached hydrogen (secondary N) is 1. The van der Waals surface area contributed by atoms with Gasteiger partial charge in [0.25, 0.3) is 0 Å². The highest BCUT2D eigenvalue weighted by Gasteiger charge is 2.26. The van der Waals surface area contributed by atoms with E-state index in [1.807, 2.05) is 6.92 Å². The molecule has 2 atom stereocenters. The number of fused-ring (bicyclic) bond motifs is 1. The van der Waals surface area contributed by atoms with Gasteiger partial charge in [0.1, 0.15) is 17.6 Å². The molecule has 2 aliphatic rings. The number of ether oxygens (including phenoxy) is 2. The Kier molecular flexibility index (Phi) is 3.16. The Hall–Kier alpha value is -1.22. The van der Waals surface area contributed by atoms with E-state index in [4.69, 9.17) is 9.47 Å². The largest absolute Gasteiger partial charge is 0.494 e. The first-order chi connectivity index (χ1) is 8.78. The molecular weight excluding hydrogens is 226 g/mol. The first-order valence-electron chi connectivity index (χ1n) is 6.95. The fraction of sp³-hybridized carbons (Fsp3) is 0.600. The zero-order valence-corrected chi connectivity index (χ0v) is 11.2. The minimum Gasteiger partial charge on any atom is -0.494 e. The zero-order valence-electron chi connectivity index (χ0n) is 11.2. The first-order valence-corrected chi connectivity index (χ1v) is 6.95. The van der Waals surface area contributed by atoms with Crippen LogP contribution in [0, 0.1) is 0 Å². The van der Waals surface area contributed by atoms with Crippen LogP contribution < -0.4 is 14.8 Å². The predicted molar refractivity (Wildman–Crippen MR) is 71.6 cm³/mol. The van der Waals surface area contributed by atoms with Crippen molar-refractivity contribution in [2.24, 2.45) is 0 Å². The van der Waals surface area contributed by atoms with Crippen LogP contribution in [0.3, 0.4) is 0 Å². The van der Waals surface area contributed by atoms with Crippen LogP contribution in [-0.4, -0.2) is 25.8 Å². The molecule has 1 fully saturated rings. The lowest BCUT2D eigenvalue weighted by molar-refractivity contribution is 0.254. The molecule has 18 heavy (non-hydrogen) atoms. The van der Waals surface area contributed by atoms with Crippen molar-refractivity contribution in [3.63, 3.8) is 0 Å². The third-order valence-electron chi connectivity index (χ3n) is 3.83. The molecule has 1 N–H and O–H groups in total. The van der Waals surface area contributed by atoms with Gasteiger partial charge in [0, 0.05) is 30.0 Å². The smallest absolute Gasteiger partial charge is 0.123 e. The van der Waals surface area contributed by atoms with E-state index in [-0.39, 0.29) is 0 Å². The van der Waals surface area contributed by atoms with Crippen LogP contribution in [0.1, 0.15) is 37.3 Å². The number of hydrogen-bond acceptors (Lipinski definition) is 3. The van der Waals surface area contributed by atoms with Gasteiger partial charge >= 0.3 is 0 Å². The van der Waals surface area contributed by atoms with E-state index in [0.29, 0.717) is 12.0 Å². The van der Waals surface area contributed by atoms with E-state index in [1.165, 1.54) is 17.5 Å².